The van der Waals surface area contributed by atoms with Crippen LogP contribution in [0.25, 0.3) is 10.2 Å². The number of halogens is 1. The summed E-state index contributed by atoms with van der Waals surface area (Å²) < 4.78 is 1.67. The molecule has 3 aromatic rings. The highest BCUT2D eigenvalue weighted by atomic mass is 35.5. The molecule has 1 unspecified atom stereocenters. The van der Waals surface area contributed by atoms with Gasteiger partial charge in [-0.1, -0.05) is 29.8 Å². The van der Waals surface area contributed by atoms with Gasteiger partial charge in [0.15, 0.2) is 0 Å². The Hall–Kier alpha value is -1.69. The lowest BCUT2D eigenvalue weighted by Gasteiger charge is -2.21. The summed E-state index contributed by atoms with van der Waals surface area (Å²) in [5.74, 6) is 0. The highest BCUT2D eigenvalue weighted by molar-refractivity contribution is 7.18. The maximum atomic E-state index is 13.0. The van der Waals surface area contributed by atoms with Gasteiger partial charge in [-0.2, -0.15) is 0 Å². The first kappa shape index (κ1) is 15.8. The van der Waals surface area contributed by atoms with E-state index in [9.17, 15) is 4.79 Å². The van der Waals surface area contributed by atoms with Gasteiger partial charge >= 0.3 is 0 Å². The lowest BCUT2D eigenvalue weighted by Crippen LogP contribution is -2.31. The standard InChI is InChI=1S/C18H18ClN3OS/c1-20-12-6-7-13-15(8-12)24-17-16(13)18(23)22(10-21-17)9-11-4-2-3-5-14(11)19/h2-5,10,12,20H,6-9H2,1H3. The minimum absolute atomic E-state index is 0.0420. The zero-order valence-corrected chi connectivity index (χ0v) is 15.0. The molecular weight excluding hydrogens is 342 g/mol. The van der Waals surface area contributed by atoms with Crippen LogP contribution >= 0.6 is 22.9 Å². The lowest BCUT2D eigenvalue weighted by atomic mass is 9.93. The monoisotopic (exact) mass is 359 g/mol. The van der Waals surface area contributed by atoms with Crippen molar-refractivity contribution < 1.29 is 0 Å². The van der Waals surface area contributed by atoms with Crippen LogP contribution in [0.2, 0.25) is 5.02 Å². The van der Waals surface area contributed by atoms with Gasteiger partial charge < -0.3 is 5.32 Å². The average molecular weight is 360 g/mol. The topological polar surface area (TPSA) is 46.9 Å². The molecule has 1 aliphatic rings. The van der Waals surface area contributed by atoms with E-state index in [0.717, 1.165) is 35.0 Å². The Morgan fingerprint density at radius 3 is 3.04 bits per heavy atom. The largest absolute Gasteiger partial charge is 0.317 e. The van der Waals surface area contributed by atoms with Gasteiger partial charge in [-0.05, 0) is 43.5 Å². The normalized spacial score (nSPS) is 17.2. The Labute approximate surface area is 149 Å². The van der Waals surface area contributed by atoms with E-state index in [4.69, 9.17) is 11.6 Å². The summed E-state index contributed by atoms with van der Waals surface area (Å²) in [5, 5.41) is 4.82. The summed E-state index contributed by atoms with van der Waals surface area (Å²) in [7, 11) is 2.00. The average Bonchev–Trinajstić information content (AvgIpc) is 2.97. The predicted octanol–water partition coefficient (Wildman–Crippen LogP) is 3.24. The molecule has 124 valence electrons. The molecule has 2 aromatic heterocycles. The van der Waals surface area contributed by atoms with Gasteiger partial charge in [0, 0.05) is 15.9 Å². The molecule has 1 atom stereocenters. The van der Waals surface area contributed by atoms with Gasteiger partial charge in [0.25, 0.3) is 5.56 Å². The molecule has 4 nitrogen and oxygen atoms in total. The molecule has 0 fully saturated rings. The first-order valence-electron chi connectivity index (χ1n) is 8.07. The third-order valence-electron chi connectivity index (χ3n) is 4.74. The zero-order valence-electron chi connectivity index (χ0n) is 13.4. The van der Waals surface area contributed by atoms with Crippen LogP contribution in [0.15, 0.2) is 35.4 Å². The van der Waals surface area contributed by atoms with E-state index in [1.54, 1.807) is 22.2 Å². The van der Waals surface area contributed by atoms with Crippen molar-refractivity contribution in [3.05, 3.63) is 62.0 Å². The highest BCUT2D eigenvalue weighted by Crippen LogP contribution is 2.33. The van der Waals surface area contributed by atoms with Crippen LogP contribution in [0.3, 0.4) is 0 Å². The third-order valence-corrected chi connectivity index (χ3v) is 6.27. The van der Waals surface area contributed by atoms with Crippen molar-refractivity contribution in [3.8, 4) is 0 Å². The Morgan fingerprint density at radius 2 is 2.25 bits per heavy atom. The van der Waals surface area contributed by atoms with E-state index >= 15 is 0 Å². The molecule has 24 heavy (non-hydrogen) atoms. The molecule has 0 saturated carbocycles. The SMILES string of the molecule is CNC1CCc2c(sc3ncn(Cc4ccccc4Cl)c(=O)c23)C1. The summed E-state index contributed by atoms with van der Waals surface area (Å²) >= 11 is 7.89. The van der Waals surface area contributed by atoms with Crippen molar-refractivity contribution >= 4 is 33.2 Å². The van der Waals surface area contributed by atoms with E-state index in [-0.39, 0.29) is 5.56 Å². The van der Waals surface area contributed by atoms with Gasteiger partial charge in [-0.3, -0.25) is 9.36 Å². The molecule has 0 amide bonds. The molecule has 1 aromatic carbocycles. The number of benzene rings is 1. The number of hydrogen-bond acceptors (Lipinski definition) is 4. The molecule has 0 bridgehead atoms. The fraction of sp³-hybridized carbons (Fsp3) is 0.333. The highest BCUT2D eigenvalue weighted by Gasteiger charge is 2.24. The minimum Gasteiger partial charge on any atom is -0.317 e. The van der Waals surface area contributed by atoms with Gasteiger partial charge in [-0.25, -0.2) is 4.98 Å². The lowest BCUT2D eigenvalue weighted by molar-refractivity contribution is 0.502. The van der Waals surface area contributed by atoms with Crippen LogP contribution in [-0.2, 0) is 19.4 Å². The quantitative estimate of drug-likeness (QED) is 0.781. The number of likely N-dealkylation sites (N-methyl/N-ethyl adjacent to an activating group) is 1. The van der Waals surface area contributed by atoms with Crippen LogP contribution in [0.4, 0.5) is 0 Å². The Bertz CT molecular complexity index is 963. The predicted molar refractivity (Wildman–Crippen MR) is 99.3 cm³/mol. The van der Waals surface area contributed by atoms with Crippen molar-refractivity contribution in [3.63, 3.8) is 0 Å². The van der Waals surface area contributed by atoms with E-state index in [2.05, 4.69) is 10.3 Å². The van der Waals surface area contributed by atoms with Gasteiger partial charge in [0.2, 0.25) is 0 Å². The second-order valence-corrected chi connectivity index (χ2v) is 7.67. The van der Waals surface area contributed by atoms with Crippen molar-refractivity contribution in [2.75, 3.05) is 7.05 Å². The Balaban J connectivity index is 1.78. The van der Waals surface area contributed by atoms with Gasteiger partial charge in [-0.15, -0.1) is 11.3 Å². The van der Waals surface area contributed by atoms with Crippen LogP contribution in [0.1, 0.15) is 22.4 Å². The zero-order chi connectivity index (χ0) is 16.7. The summed E-state index contributed by atoms with van der Waals surface area (Å²) in [5.41, 5.74) is 2.18. The molecule has 0 spiro atoms. The number of nitrogens with one attached hydrogen (secondary N) is 1. The second kappa shape index (κ2) is 6.31. The number of thiophene rings is 1. The maximum absolute atomic E-state index is 13.0. The van der Waals surface area contributed by atoms with Crippen LogP contribution < -0.4 is 10.9 Å². The third kappa shape index (κ3) is 2.66. The molecule has 2 heterocycles. The summed E-state index contributed by atoms with van der Waals surface area (Å²) in [4.78, 5) is 19.7. The number of hydrogen-bond donors (Lipinski definition) is 1. The first-order valence-corrected chi connectivity index (χ1v) is 9.27. The minimum atomic E-state index is 0.0420. The fourth-order valence-electron chi connectivity index (χ4n) is 3.37. The van der Waals surface area contributed by atoms with Crippen LogP contribution in [-0.4, -0.2) is 22.6 Å². The number of nitrogens with zero attached hydrogens (tertiary/aromatic N) is 2. The molecule has 0 aliphatic heterocycles. The van der Waals surface area contributed by atoms with E-state index < -0.39 is 0 Å². The van der Waals surface area contributed by atoms with E-state index in [0.29, 0.717) is 17.6 Å². The summed E-state index contributed by atoms with van der Waals surface area (Å²) in [6.45, 7) is 0.450. The van der Waals surface area contributed by atoms with Crippen molar-refractivity contribution in [1.29, 1.82) is 0 Å². The maximum Gasteiger partial charge on any atom is 0.262 e. The molecule has 4 rings (SSSR count). The molecule has 1 N–H and O–H groups in total. The van der Waals surface area contributed by atoms with Crippen LogP contribution in [0.5, 0.6) is 0 Å². The van der Waals surface area contributed by atoms with Gasteiger partial charge in [0.1, 0.15) is 4.83 Å². The number of rotatable bonds is 3. The Kier molecular flexibility index (Phi) is 4.16. The molecule has 0 saturated heterocycles. The summed E-state index contributed by atoms with van der Waals surface area (Å²) in [6, 6.07) is 8.11. The Morgan fingerprint density at radius 1 is 1.42 bits per heavy atom. The smallest absolute Gasteiger partial charge is 0.262 e. The van der Waals surface area contributed by atoms with E-state index in [1.165, 1.54) is 10.4 Å². The number of aryl methyl sites for hydroxylation is 1. The second-order valence-electron chi connectivity index (χ2n) is 6.18. The molecule has 1 aliphatic carbocycles. The van der Waals surface area contributed by atoms with Crippen LogP contribution in [0, 0.1) is 0 Å². The molecule has 0 radical (unpaired) electrons. The van der Waals surface area contributed by atoms with E-state index in [1.807, 2.05) is 31.3 Å². The summed E-state index contributed by atoms with van der Waals surface area (Å²) in [6.07, 6.45) is 4.63. The molecular formula is C18H18ClN3OS. The fourth-order valence-corrected chi connectivity index (χ4v) is 4.82. The van der Waals surface area contributed by atoms with Crippen molar-refractivity contribution in [2.24, 2.45) is 0 Å². The first-order chi connectivity index (χ1) is 11.7. The molecule has 6 heteroatoms. The van der Waals surface area contributed by atoms with Crippen molar-refractivity contribution in [2.45, 2.75) is 31.8 Å². The van der Waals surface area contributed by atoms with Gasteiger partial charge in [0.05, 0.1) is 18.3 Å². The number of fused-ring (bicyclic) bond motifs is 3. The van der Waals surface area contributed by atoms with Crippen molar-refractivity contribution in [1.82, 2.24) is 14.9 Å². The number of aromatic nitrogens is 2.